The summed E-state index contributed by atoms with van der Waals surface area (Å²) >= 11 is 0. The summed E-state index contributed by atoms with van der Waals surface area (Å²) in [6, 6.07) is 7.30. The van der Waals surface area contributed by atoms with E-state index in [4.69, 9.17) is 4.74 Å². The molecule has 0 spiro atoms. The number of hydrogen-bond acceptors (Lipinski definition) is 5. The van der Waals surface area contributed by atoms with Crippen LogP contribution in [0.3, 0.4) is 0 Å². The van der Waals surface area contributed by atoms with E-state index in [1.807, 2.05) is 43.3 Å². The number of hydrogen-bond donors (Lipinski definition) is 0. The van der Waals surface area contributed by atoms with Gasteiger partial charge in [-0.3, -0.25) is 9.78 Å². The third-order valence-electron chi connectivity index (χ3n) is 4.46. The number of carbonyl (C=O) groups is 2. The molecule has 1 fully saturated rings. The fraction of sp³-hybridized carbons (Fsp3) is 0.389. The van der Waals surface area contributed by atoms with Crippen molar-refractivity contribution >= 4 is 28.3 Å². The molecule has 6 nitrogen and oxygen atoms in total. The highest BCUT2D eigenvalue weighted by Crippen LogP contribution is 2.26. The Balaban J connectivity index is 2.03. The number of pyridine rings is 1. The van der Waals surface area contributed by atoms with E-state index in [2.05, 4.69) is 4.98 Å². The lowest BCUT2D eigenvalue weighted by Crippen LogP contribution is -2.41. The van der Waals surface area contributed by atoms with Crippen molar-refractivity contribution in [3.05, 3.63) is 36.2 Å². The molecule has 1 aromatic carbocycles. The molecule has 1 atom stereocenters. The number of ether oxygens (including phenoxy) is 1. The van der Waals surface area contributed by atoms with Gasteiger partial charge in [-0.15, -0.1) is 0 Å². The average molecular weight is 327 g/mol. The molecule has 1 aliphatic heterocycles. The Labute approximate surface area is 141 Å². The van der Waals surface area contributed by atoms with Crippen LogP contribution in [0, 0.1) is 0 Å². The maximum Gasteiger partial charge on any atom is 0.328 e. The van der Waals surface area contributed by atoms with Crippen LogP contribution in [0.15, 0.2) is 30.5 Å². The van der Waals surface area contributed by atoms with Crippen LogP contribution in [0.5, 0.6) is 0 Å². The molecule has 0 saturated carbocycles. The van der Waals surface area contributed by atoms with Crippen molar-refractivity contribution in [2.24, 2.45) is 0 Å². The van der Waals surface area contributed by atoms with E-state index >= 15 is 0 Å². The Morgan fingerprint density at radius 1 is 1.29 bits per heavy atom. The van der Waals surface area contributed by atoms with E-state index in [0.717, 1.165) is 22.9 Å². The first kappa shape index (κ1) is 16.2. The molecular formula is C18H21N3O3. The fourth-order valence-electron chi connectivity index (χ4n) is 3.13. The molecule has 0 bridgehead atoms. The zero-order valence-corrected chi connectivity index (χ0v) is 14.2. The molecular weight excluding hydrogens is 306 g/mol. The molecule has 3 rings (SSSR count). The molecule has 0 radical (unpaired) electrons. The zero-order chi connectivity index (χ0) is 17.3. The van der Waals surface area contributed by atoms with Gasteiger partial charge in [0.25, 0.3) is 5.91 Å². The van der Waals surface area contributed by atoms with Crippen LogP contribution in [0.4, 0.5) is 5.69 Å². The number of nitrogens with zero attached hydrogens (tertiary/aromatic N) is 3. The Morgan fingerprint density at radius 3 is 2.79 bits per heavy atom. The topological polar surface area (TPSA) is 62.7 Å². The number of carbonyl (C=O) groups excluding carboxylic acids is 2. The highest BCUT2D eigenvalue weighted by Gasteiger charge is 2.36. The second kappa shape index (κ2) is 6.47. The lowest BCUT2D eigenvalue weighted by Gasteiger charge is -2.23. The van der Waals surface area contributed by atoms with Gasteiger partial charge in [-0.1, -0.05) is 6.07 Å². The van der Waals surface area contributed by atoms with E-state index < -0.39 is 6.04 Å². The van der Waals surface area contributed by atoms with Crippen molar-refractivity contribution in [1.82, 2.24) is 9.88 Å². The summed E-state index contributed by atoms with van der Waals surface area (Å²) < 4.78 is 4.83. The third-order valence-corrected chi connectivity index (χ3v) is 4.46. The zero-order valence-electron chi connectivity index (χ0n) is 14.2. The molecule has 24 heavy (non-hydrogen) atoms. The van der Waals surface area contributed by atoms with Gasteiger partial charge in [0.1, 0.15) is 11.7 Å². The summed E-state index contributed by atoms with van der Waals surface area (Å²) in [6.07, 6.45) is 3.06. The van der Waals surface area contributed by atoms with Gasteiger partial charge < -0.3 is 14.5 Å². The van der Waals surface area contributed by atoms with E-state index in [0.29, 0.717) is 18.7 Å². The van der Waals surface area contributed by atoms with Crippen LogP contribution in [-0.4, -0.2) is 55.6 Å². The third kappa shape index (κ3) is 2.79. The van der Waals surface area contributed by atoms with Crippen LogP contribution < -0.4 is 4.90 Å². The summed E-state index contributed by atoms with van der Waals surface area (Å²) in [5, 5.41) is 1.75. The van der Waals surface area contributed by atoms with Crippen LogP contribution in [-0.2, 0) is 9.53 Å². The van der Waals surface area contributed by atoms with Crippen molar-refractivity contribution in [2.75, 3.05) is 32.6 Å². The summed E-state index contributed by atoms with van der Waals surface area (Å²) in [7, 11) is 5.25. The molecule has 1 saturated heterocycles. The van der Waals surface area contributed by atoms with Crippen molar-refractivity contribution in [2.45, 2.75) is 18.9 Å². The SMILES string of the molecule is COC(=O)C1CCCN1C(=O)c1nccc2ccc(N(C)C)cc12. The average Bonchev–Trinajstić information content (AvgIpc) is 3.09. The van der Waals surface area contributed by atoms with Gasteiger partial charge in [-0.2, -0.15) is 0 Å². The van der Waals surface area contributed by atoms with E-state index in [9.17, 15) is 9.59 Å². The minimum absolute atomic E-state index is 0.218. The molecule has 0 aliphatic carbocycles. The molecule has 1 aromatic heterocycles. The quantitative estimate of drug-likeness (QED) is 0.808. The van der Waals surface area contributed by atoms with E-state index in [-0.39, 0.29) is 11.9 Å². The minimum Gasteiger partial charge on any atom is -0.467 e. The second-order valence-corrected chi connectivity index (χ2v) is 6.14. The van der Waals surface area contributed by atoms with Crippen LogP contribution in [0.25, 0.3) is 10.8 Å². The van der Waals surface area contributed by atoms with Crippen molar-refractivity contribution in [1.29, 1.82) is 0 Å². The molecule has 1 aliphatic rings. The van der Waals surface area contributed by atoms with Gasteiger partial charge in [0.15, 0.2) is 0 Å². The summed E-state index contributed by atoms with van der Waals surface area (Å²) in [5.41, 5.74) is 1.38. The first-order valence-corrected chi connectivity index (χ1v) is 7.98. The molecule has 6 heteroatoms. The number of esters is 1. The monoisotopic (exact) mass is 327 g/mol. The van der Waals surface area contributed by atoms with E-state index in [1.54, 1.807) is 11.1 Å². The number of aromatic nitrogens is 1. The number of amides is 1. The van der Waals surface area contributed by atoms with Gasteiger partial charge in [0.05, 0.1) is 7.11 Å². The first-order chi connectivity index (χ1) is 11.5. The Morgan fingerprint density at radius 2 is 2.08 bits per heavy atom. The van der Waals surface area contributed by atoms with Gasteiger partial charge >= 0.3 is 5.97 Å². The summed E-state index contributed by atoms with van der Waals surface area (Å²) in [4.78, 5) is 32.8. The van der Waals surface area contributed by atoms with Gasteiger partial charge in [-0.05, 0) is 36.4 Å². The molecule has 0 N–H and O–H groups in total. The summed E-state index contributed by atoms with van der Waals surface area (Å²) in [6.45, 7) is 0.546. The first-order valence-electron chi connectivity index (χ1n) is 7.98. The Hall–Kier alpha value is -2.63. The van der Waals surface area contributed by atoms with Gasteiger partial charge in [0, 0.05) is 37.9 Å². The second-order valence-electron chi connectivity index (χ2n) is 6.14. The van der Waals surface area contributed by atoms with Crippen molar-refractivity contribution in [3.8, 4) is 0 Å². The molecule has 126 valence electrons. The van der Waals surface area contributed by atoms with Crippen LogP contribution in [0.2, 0.25) is 0 Å². The normalized spacial score (nSPS) is 17.1. The number of benzene rings is 1. The smallest absolute Gasteiger partial charge is 0.328 e. The molecule has 2 heterocycles. The maximum absolute atomic E-state index is 13.0. The standard InChI is InChI=1S/C18H21N3O3/c1-20(2)13-7-6-12-8-9-19-16(14(12)11-13)17(22)21-10-4-5-15(21)18(23)24-3/h6-9,11,15H,4-5,10H2,1-3H3. The predicted molar refractivity (Wildman–Crippen MR) is 92.1 cm³/mol. The lowest BCUT2D eigenvalue weighted by atomic mass is 10.1. The molecule has 2 aromatic rings. The largest absolute Gasteiger partial charge is 0.467 e. The number of methoxy groups -OCH3 is 1. The predicted octanol–water partition coefficient (Wildman–Crippen LogP) is 2.08. The highest BCUT2D eigenvalue weighted by molar-refractivity contribution is 6.07. The summed E-state index contributed by atoms with van der Waals surface area (Å²) in [5.74, 6) is -0.584. The minimum atomic E-state index is -0.517. The number of rotatable bonds is 3. The van der Waals surface area contributed by atoms with Crippen molar-refractivity contribution < 1.29 is 14.3 Å². The van der Waals surface area contributed by atoms with E-state index in [1.165, 1.54) is 7.11 Å². The van der Waals surface area contributed by atoms with Gasteiger partial charge in [0.2, 0.25) is 0 Å². The number of fused-ring (bicyclic) bond motifs is 1. The van der Waals surface area contributed by atoms with Crippen LogP contribution >= 0.6 is 0 Å². The Kier molecular flexibility index (Phi) is 4.38. The molecule has 1 amide bonds. The molecule has 1 unspecified atom stereocenters. The van der Waals surface area contributed by atoms with Crippen LogP contribution in [0.1, 0.15) is 23.3 Å². The number of anilines is 1. The fourth-order valence-corrected chi connectivity index (χ4v) is 3.13. The highest BCUT2D eigenvalue weighted by atomic mass is 16.5. The Bertz CT molecular complexity index is 788. The lowest BCUT2D eigenvalue weighted by molar-refractivity contribution is -0.145. The maximum atomic E-state index is 13.0. The van der Waals surface area contributed by atoms with Gasteiger partial charge in [-0.25, -0.2) is 4.79 Å². The van der Waals surface area contributed by atoms with Crippen molar-refractivity contribution in [3.63, 3.8) is 0 Å². The number of likely N-dealkylation sites (tertiary alicyclic amines) is 1.